The first kappa shape index (κ1) is 28.4. The molecule has 2 nitrogen and oxygen atoms in total. The van der Waals surface area contributed by atoms with Crippen LogP contribution in [0.3, 0.4) is 0 Å². The van der Waals surface area contributed by atoms with E-state index in [-0.39, 0.29) is 11.0 Å². The van der Waals surface area contributed by atoms with Gasteiger partial charge in [0.15, 0.2) is 0 Å². The molecule has 0 aromatic carbocycles. The zero-order valence-electron chi connectivity index (χ0n) is 20.8. The number of allylic oxidation sites excluding steroid dienone is 1. The summed E-state index contributed by atoms with van der Waals surface area (Å²) in [6.45, 7) is 11.5. The molecule has 0 saturated carbocycles. The number of unbranched alkanes of at least 4 members (excludes halogenated alkanes) is 13. The number of carbonyl (C=O) groups excluding carboxylic acids is 1. The van der Waals surface area contributed by atoms with Crippen LogP contribution in [0.2, 0.25) is 24.7 Å². The minimum Gasteiger partial charge on any atom is -0.469 e. The average molecular weight is 425 g/mol. The molecule has 0 aliphatic heterocycles. The van der Waals surface area contributed by atoms with E-state index in [9.17, 15) is 4.79 Å². The first-order valence-electron chi connectivity index (χ1n) is 12.6. The van der Waals surface area contributed by atoms with Crippen LogP contribution in [0, 0.1) is 0 Å². The van der Waals surface area contributed by atoms with Gasteiger partial charge in [-0.05, 0) is 19.3 Å². The van der Waals surface area contributed by atoms with Crippen molar-refractivity contribution in [1.29, 1.82) is 0 Å². The largest absolute Gasteiger partial charge is 0.469 e. The highest BCUT2D eigenvalue weighted by molar-refractivity contribution is 6.82. The quantitative estimate of drug-likeness (QED) is 0.0894. The Bertz CT molecular complexity index is 425. The highest BCUT2D eigenvalue weighted by Gasteiger charge is 2.48. The molecular formula is C26H52O2Si. The van der Waals surface area contributed by atoms with E-state index < -0.39 is 8.07 Å². The number of rotatable bonds is 19. The molecule has 0 N–H and O–H groups in total. The lowest BCUT2D eigenvalue weighted by Gasteiger charge is -2.39. The summed E-state index contributed by atoms with van der Waals surface area (Å²) in [4.78, 5) is 12.8. The van der Waals surface area contributed by atoms with Gasteiger partial charge in [0.25, 0.3) is 0 Å². The highest BCUT2D eigenvalue weighted by atomic mass is 28.3. The van der Waals surface area contributed by atoms with Crippen LogP contribution < -0.4 is 0 Å². The number of ether oxygens (including phenoxy) is 1. The summed E-state index contributed by atoms with van der Waals surface area (Å²) in [5.41, 5.74) is 0. The summed E-state index contributed by atoms with van der Waals surface area (Å²) >= 11 is 0. The van der Waals surface area contributed by atoms with E-state index in [0.29, 0.717) is 0 Å². The molecule has 0 heterocycles. The summed E-state index contributed by atoms with van der Waals surface area (Å²) < 4.78 is 5.30. The van der Waals surface area contributed by atoms with E-state index in [2.05, 4.69) is 45.6 Å². The van der Waals surface area contributed by atoms with Crippen LogP contribution in [0.5, 0.6) is 0 Å². The van der Waals surface area contributed by atoms with Crippen molar-refractivity contribution in [2.24, 2.45) is 0 Å². The zero-order valence-corrected chi connectivity index (χ0v) is 21.8. The van der Waals surface area contributed by atoms with Gasteiger partial charge in [-0.25, -0.2) is 0 Å². The molecule has 172 valence electrons. The van der Waals surface area contributed by atoms with Crippen LogP contribution >= 0.6 is 0 Å². The maximum absolute atomic E-state index is 12.8. The fourth-order valence-electron chi connectivity index (χ4n) is 4.23. The van der Waals surface area contributed by atoms with Crippen LogP contribution in [0.4, 0.5) is 0 Å². The molecule has 0 aromatic heterocycles. The van der Waals surface area contributed by atoms with Crippen molar-refractivity contribution < 1.29 is 9.53 Å². The number of carbonyl (C=O) groups is 1. The Hall–Kier alpha value is -0.573. The summed E-state index contributed by atoms with van der Waals surface area (Å²) in [6.07, 6.45) is 25.1. The zero-order chi connectivity index (χ0) is 22.0. The van der Waals surface area contributed by atoms with E-state index >= 15 is 0 Å². The van der Waals surface area contributed by atoms with Crippen molar-refractivity contribution in [1.82, 2.24) is 0 Å². The maximum Gasteiger partial charge on any atom is 0.312 e. The Balaban J connectivity index is 4.42. The van der Waals surface area contributed by atoms with Crippen molar-refractivity contribution in [2.75, 3.05) is 7.11 Å². The molecule has 0 saturated heterocycles. The third-order valence-electron chi connectivity index (χ3n) is 6.44. The summed E-state index contributed by atoms with van der Waals surface area (Å²) in [5.74, 6) is -0.00696. The normalized spacial score (nSPS) is 14.3. The summed E-state index contributed by atoms with van der Waals surface area (Å²) in [7, 11) is -0.188. The molecule has 0 aliphatic carbocycles. The van der Waals surface area contributed by atoms with Crippen molar-refractivity contribution in [3.05, 3.63) is 12.2 Å². The Morgan fingerprint density at radius 1 is 0.759 bits per heavy atom. The first-order chi connectivity index (χ1) is 13.9. The van der Waals surface area contributed by atoms with E-state index in [0.717, 1.165) is 19.3 Å². The number of esters is 1. The fourth-order valence-corrected chi connectivity index (χ4v) is 6.49. The predicted octanol–water partition coefficient (Wildman–Crippen LogP) is 9.08. The van der Waals surface area contributed by atoms with Crippen LogP contribution in [0.25, 0.3) is 0 Å². The van der Waals surface area contributed by atoms with Gasteiger partial charge in [0.2, 0.25) is 0 Å². The monoisotopic (exact) mass is 424 g/mol. The van der Waals surface area contributed by atoms with Gasteiger partial charge in [0.1, 0.15) is 0 Å². The molecule has 0 bridgehead atoms. The lowest BCUT2D eigenvalue weighted by Crippen LogP contribution is -2.44. The van der Waals surface area contributed by atoms with Gasteiger partial charge in [-0.2, -0.15) is 0 Å². The van der Waals surface area contributed by atoms with Gasteiger partial charge in [0, 0.05) is 0 Å². The Kier molecular flexibility index (Phi) is 16.8. The molecule has 0 aromatic rings. The number of hydrogen-bond acceptors (Lipinski definition) is 2. The molecule has 0 aliphatic rings. The standard InChI is InChI=1S/C26H52O2Si/c1-7-9-11-13-14-15-16-17-18-19-20-22-24-26(25(27)28-3,29(4,5)6)23-21-12-10-8-2/h22,24H,7-21,23H2,1-6H3. The molecule has 0 radical (unpaired) electrons. The number of hydrogen-bond donors (Lipinski definition) is 0. The SMILES string of the molecule is CCCCCCCCCCCCC=CC(CCCCCC)(C(=O)OC)[Si](C)(C)C. The van der Waals surface area contributed by atoms with Crippen molar-refractivity contribution in [3.8, 4) is 0 Å². The molecule has 0 fully saturated rings. The third kappa shape index (κ3) is 12.0. The van der Waals surface area contributed by atoms with E-state index in [1.807, 2.05) is 0 Å². The van der Waals surface area contributed by atoms with Gasteiger partial charge in [-0.15, -0.1) is 0 Å². The second-order valence-electron chi connectivity index (χ2n) is 9.90. The van der Waals surface area contributed by atoms with Crippen LogP contribution in [0.15, 0.2) is 12.2 Å². The smallest absolute Gasteiger partial charge is 0.312 e. The van der Waals surface area contributed by atoms with E-state index in [1.54, 1.807) is 7.11 Å². The Morgan fingerprint density at radius 3 is 1.66 bits per heavy atom. The van der Waals surface area contributed by atoms with Gasteiger partial charge in [-0.3, -0.25) is 4.79 Å². The maximum atomic E-state index is 12.8. The second kappa shape index (κ2) is 17.1. The Labute approximate surface area is 184 Å². The average Bonchev–Trinajstić information content (AvgIpc) is 2.68. The van der Waals surface area contributed by atoms with Crippen LogP contribution in [-0.4, -0.2) is 21.2 Å². The van der Waals surface area contributed by atoms with Crippen LogP contribution in [-0.2, 0) is 9.53 Å². The summed E-state index contributed by atoms with van der Waals surface area (Å²) in [6, 6.07) is 0. The fraction of sp³-hybridized carbons (Fsp3) is 0.885. The van der Waals surface area contributed by atoms with Gasteiger partial charge in [0.05, 0.1) is 20.2 Å². The number of methoxy groups -OCH3 is 1. The van der Waals surface area contributed by atoms with Crippen molar-refractivity contribution in [3.63, 3.8) is 0 Å². The van der Waals surface area contributed by atoms with Crippen LogP contribution in [0.1, 0.15) is 117 Å². The highest BCUT2D eigenvalue weighted by Crippen LogP contribution is 2.46. The lowest BCUT2D eigenvalue weighted by molar-refractivity contribution is -0.143. The van der Waals surface area contributed by atoms with Crippen molar-refractivity contribution >= 4 is 14.0 Å². The predicted molar refractivity (Wildman–Crippen MR) is 132 cm³/mol. The van der Waals surface area contributed by atoms with Gasteiger partial charge < -0.3 is 4.74 Å². The van der Waals surface area contributed by atoms with Gasteiger partial charge >= 0.3 is 5.97 Å². The molecule has 3 heteroatoms. The summed E-state index contributed by atoms with van der Waals surface area (Å²) in [5, 5.41) is -0.367. The molecule has 29 heavy (non-hydrogen) atoms. The molecular weight excluding hydrogens is 372 g/mol. The van der Waals surface area contributed by atoms with Crippen molar-refractivity contribution in [2.45, 2.75) is 141 Å². The first-order valence-corrected chi connectivity index (χ1v) is 16.1. The Morgan fingerprint density at radius 2 is 1.21 bits per heavy atom. The molecule has 0 spiro atoms. The minimum atomic E-state index is -1.74. The molecule has 1 atom stereocenters. The molecule has 0 amide bonds. The van der Waals surface area contributed by atoms with Gasteiger partial charge in [-0.1, -0.05) is 129 Å². The third-order valence-corrected chi connectivity index (χ3v) is 9.74. The minimum absolute atomic E-state index is 0.00696. The second-order valence-corrected chi connectivity index (χ2v) is 15.3. The van der Waals surface area contributed by atoms with E-state index in [4.69, 9.17) is 4.74 Å². The topological polar surface area (TPSA) is 26.3 Å². The molecule has 0 rings (SSSR count). The lowest BCUT2D eigenvalue weighted by atomic mass is 9.98. The molecule has 1 unspecified atom stereocenters. The van der Waals surface area contributed by atoms with E-state index in [1.165, 1.54) is 83.5 Å².